The van der Waals surface area contributed by atoms with Crippen LogP contribution in [0, 0.1) is 0 Å². The van der Waals surface area contributed by atoms with E-state index in [0.29, 0.717) is 17.6 Å². The molecule has 6 heteroatoms. The monoisotopic (exact) mass is 388 g/mol. The highest BCUT2D eigenvalue weighted by molar-refractivity contribution is 7.10. The summed E-state index contributed by atoms with van der Waals surface area (Å²) in [6, 6.07) is 16.3. The predicted molar refractivity (Wildman–Crippen MR) is 113 cm³/mol. The largest absolute Gasteiger partial charge is 0.378 e. The van der Waals surface area contributed by atoms with Crippen LogP contribution in [-0.2, 0) is 0 Å². The molecule has 0 radical (unpaired) electrons. The van der Waals surface area contributed by atoms with Gasteiger partial charge in [-0.15, -0.1) is 11.3 Å². The average Bonchev–Trinajstić information content (AvgIpc) is 3.26. The van der Waals surface area contributed by atoms with Crippen molar-refractivity contribution >= 4 is 17.0 Å². The van der Waals surface area contributed by atoms with Gasteiger partial charge in [0.25, 0.3) is 5.89 Å². The van der Waals surface area contributed by atoms with Gasteiger partial charge in [0.2, 0.25) is 5.82 Å². The van der Waals surface area contributed by atoms with Crippen LogP contribution in [0.5, 0.6) is 0 Å². The van der Waals surface area contributed by atoms with Gasteiger partial charge in [-0.2, -0.15) is 4.98 Å². The molecule has 1 fully saturated rings. The van der Waals surface area contributed by atoms with Crippen molar-refractivity contribution in [3.8, 4) is 34.1 Å². The second-order valence-electron chi connectivity index (χ2n) is 7.29. The zero-order valence-corrected chi connectivity index (χ0v) is 16.6. The van der Waals surface area contributed by atoms with Gasteiger partial charge in [0.05, 0.1) is 10.7 Å². The molecule has 5 rings (SSSR count). The maximum absolute atomic E-state index is 5.47. The van der Waals surface area contributed by atoms with Crippen molar-refractivity contribution in [2.75, 3.05) is 19.0 Å². The summed E-state index contributed by atoms with van der Waals surface area (Å²) in [6.45, 7) is 0. The molecule has 0 unspecified atom stereocenters. The van der Waals surface area contributed by atoms with Crippen molar-refractivity contribution in [1.82, 2.24) is 15.1 Å². The molecule has 2 aromatic carbocycles. The Bertz CT molecular complexity index is 1090. The number of anilines is 1. The Kier molecular flexibility index (Phi) is 4.20. The Morgan fingerprint density at radius 3 is 2.25 bits per heavy atom. The first kappa shape index (κ1) is 17.1. The molecule has 0 N–H and O–H groups in total. The molecule has 0 aliphatic heterocycles. The third-order valence-corrected chi connectivity index (χ3v) is 5.95. The average molecular weight is 388 g/mol. The minimum atomic E-state index is 0.526. The molecule has 2 heterocycles. The normalized spacial score (nSPS) is 13.6. The Morgan fingerprint density at radius 2 is 1.57 bits per heavy atom. The highest BCUT2D eigenvalue weighted by atomic mass is 32.1. The van der Waals surface area contributed by atoms with Crippen LogP contribution >= 0.6 is 11.3 Å². The van der Waals surface area contributed by atoms with Crippen LogP contribution in [0.4, 0.5) is 5.69 Å². The van der Waals surface area contributed by atoms with Gasteiger partial charge >= 0.3 is 0 Å². The standard InChI is InChI=1S/C22H20N4OS/c1-26(2)18-11-9-16(10-12-18)21-24-20(25-27-21)15-5-3-14(4-6-15)19-13-28-22(23-19)17-7-8-17/h3-6,9-13,17H,7-8H2,1-2H3. The van der Waals surface area contributed by atoms with Crippen LogP contribution in [0.2, 0.25) is 0 Å². The summed E-state index contributed by atoms with van der Waals surface area (Å²) in [5.74, 6) is 1.82. The summed E-state index contributed by atoms with van der Waals surface area (Å²) in [6.07, 6.45) is 2.56. The summed E-state index contributed by atoms with van der Waals surface area (Å²) < 4.78 is 5.47. The molecule has 1 saturated carbocycles. The number of benzene rings is 2. The van der Waals surface area contributed by atoms with Crippen LogP contribution in [0.3, 0.4) is 0 Å². The molecule has 2 aromatic heterocycles. The zero-order valence-electron chi connectivity index (χ0n) is 15.8. The number of aromatic nitrogens is 3. The third-order valence-electron chi connectivity index (χ3n) is 4.94. The number of hydrogen-bond acceptors (Lipinski definition) is 6. The number of thiazole rings is 1. The van der Waals surface area contributed by atoms with Gasteiger partial charge in [0.1, 0.15) is 0 Å². The van der Waals surface area contributed by atoms with E-state index in [1.54, 1.807) is 11.3 Å². The molecule has 0 bridgehead atoms. The fraction of sp³-hybridized carbons (Fsp3) is 0.227. The predicted octanol–water partition coefficient (Wildman–Crippen LogP) is 5.47. The van der Waals surface area contributed by atoms with Crippen molar-refractivity contribution in [2.45, 2.75) is 18.8 Å². The summed E-state index contributed by atoms with van der Waals surface area (Å²) in [7, 11) is 4.03. The van der Waals surface area contributed by atoms with Crippen LogP contribution in [0.25, 0.3) is 34.1 Å². The van der Waals surface area contributed by atoms with Crippen LogP contribution in [-0.4, -0.2) is 29.2 Å². The minimum absolute atomic E-state index is 0.526. The maximum Gasteiger partial charge on any atom is 0.258 e. The van der Waals surface area contributed by atoms with Gasteiger partial charge in [0, 0.05) is 47.8 Å². The van der Waals surface area contributed by atoms with Gasteiger partial charge in [-0.1, -0.05) is 29.4 Å². The van der Waals surface area contributed by atoms with Crippen molar-refractivity contribution in [2.24, 2.45) is 0 Å². The highest BCUT2D eigenvalue weighted by Gasteiger charge is 2.26. The minimum Gasteiger partial charge on any atom is -0.378 e. The fourth-order valence-corrected chi connectivity index (χ4v) is 4.09. The van der Waals surface area contributed by atoms with E-state index in [4.69, 9.17) is 9.51 Å². The Balaban J connectivity index is 1.36. The van der Waals surface area contributed by atoms with Crippen molar-refractivity contribution in [1.29, 1.82) is 0 Å². The molecule has 0 atom stereocenters. The topological polar surface area (TPSA) is 55.1 Å². The van der Waals surface area contributed by atoms with Gasteiger partial charge in [-0.3, -0.25) is 0 Å². The lowest BCUT2D eigenvalue weighted by atomic mass is 10.1. The third kappa shape index (κ3) is 3.31. The lowest BCUT2D eigenvalue weighted by molar-refractivity contribution is 0.432. The second-order valence-corrected chi connectivity index (χ2v) is 8.18. The Labute approximate surface area is 167 Å². The zero-order chi connectivity index (χ0) is 19.1. The van der Waals surface area contributed by atoms with Crippen LogP contribution in [0.1, 0.15) is 23.8 Å². The van der Waals surface area contributed by atoms with E-state index in [-0.39, 0.29) is 0 Å². The van der Waals surface area contributed by atoms with E-state index in [2.05, 4.69) is 32.6 Å². The lowest BCUT2D eigenvalue weighted by Gasteiger charge is -2.11. The second kappa shape index (κ2) is 6.87. The van der Waals surface area contributed by atoms with E-state index < -0.39 is 0 Å². The highest BCUT2D eigenvalue weighted by Crippen LogP contribution is 2.42. The molecule has 28 heavy (non-hydrogen) atoms. The number of nitrogens with zero attached hydrogens (tertiary/aromatic N) is 4. The van der Waals surface area contributed by atoms with Gasteiger partial charge in [-0.05, 0) is 37.1 Å². The van der Waals surface area contributed by atoms with Crippen molar-refractivity contribution in [3.63, 3.8) is 0 Å². The molecule has 4 aromatic rings. The molecule has 1 aliphatic carbocycles. The SMILES string of the molecule is CN(C)c1ccc(-c2nc(-c3ccc(-c4csc(C5CC5)n4)cc3)no2)cc1. The molecular weight excluding hydrogens is 368 g/mol. The Hall–Kier alpha value is -2.99. The first-order valence-corrected chi connectivity index (χ1v) is 10.2. The molecule has 5 nitrogen and oxygen atoms in total. The lowest BCUT2D eigenvalue weighted by Crippen LogP contribution is -2.07. The summed E-state index contributed by atoms with van der Waals surface area (Å²) in [4.78, 5) is 11.4. The quantitative estimate of drug-likeness (QED) is 0.454. The summed E-state index contributed by atoms with van der Waals surface area (Å²) in [5.41, 5.74) is 5.14. The maximum atomic E-state index is 5.47. The van der Waals surface area contributed by atoms with E-state index in [0.717, 1.165) is 28.1 Å². The molecule has 1 aliphatic rings. The Morgan fingerprint density at radius 1 is 0.893 bits per heavy atom. The van der Waals surface area contributed by atoms with Crippen molar-refractivity contribution in [3.05, 3.63) is 58.9 Å². The van der Waals surface area contributed by atoms with Crippen molar-refractivity contribution < 1.29 is 4.52 Å². The van der Waals surface area contributed by atoms with Crippen LogP contribution < -0.4 is 4.90 Å². The van der Waals surface area contributed by atoms with E-state index in [1.165, 1.54) is 17.8 Å². The van der Waals surface area contributed by atoms with Gasteiger partial charge < -0.3 is 9.42 Å². The fourth-order valence-electron chi connectivity index (χ4n) is 3.09. The van der Waals surface area contributed by atoms with E-state index in [1.807, 2.05) is 50.5 Å². The first-order valence-electron chi connectivity index (χ1n) is 9.35. The smallest absolute Gasteiger partial charge is 0.258 e. The van der Waals surface area contributed by atoms with Gasteiger partial charge in [-0.25, -0.2) is 4.98 Å². The molecular formula is C22H20N4OS. The van der Waals surface area contributed by atoms with Crippen LogP contribution in [0.15, 0.2) is 58.4 Å². The summed E-state index contributed by atoms with van der Waals surface area (Å²) in [5, 5.41) is 7.56. The summed E-state index contributed by atoms with van der Waals surface area (Å²) >= 11 is 1.77. The molecule has 0 spiro atoms. The van der Waals surface area contributed by atoms with E-state index in [9.17, 15) is 0 Å². The first-order chi connectivity index (χ1) is 13.7. The van der Waals surface area contributed by atoms with Gasteiger partial charge in [0.15, 0.2) is 0 Å². The molecule has 140 valence electrons. The molecule has 0 amide bonds. The number of rotatable bonds is 5. The molecule has 0 saturated heterocycles. The van der Waals surface area contributed by atoms with E-state index >= 15 is 0 Å². The number of hydrogen-bond donors (Lipinski definition) is 0.